The monoisotopic (exact) mass is 815 g/mol. The van der Waals surface area contributed by atoms with Crippen LogP contribution in [0.2, 0.25) is 0 Å². The van der Waals surface area contributed by atoms with Crippen LogP contribution >= 0.6 is 0 Å². The molecule has 5 nitrogen and oxygen atoms in total. The molecule has 0 aliphatic rings. The van der Waals surface area contributed by atoms with Crippen LogP contribution in [0.5, 0.6) is 0 Å². The van der Waals surface area contributed by atoms with Crippen molar-refractivity contribution in [3.63, 3.8) is 0 Å². The number of rotatable bonds is 5. The summed E-state index contributed by atoms with van der Waals surface area (Å²) in [6.07, 6.45) is 0. The summed E-state index contributed by atoms with van der Waals surface area (Å²) in [5, 5.41) is 9.67. The molecule has 0 N–H and O–H groups in total. The molecular weight excluding hydrogens is 779 g/mol. The van der Waals surface area contributed by atoms with Crippen molar-refractivity contribution in [3.8, 4) is 34.1 Å². The number of para-hydroxylation sites is 8. The van der Waals surface area contributed by atoms with Gasteiger partial charge in [-0.2, -0.15) is 0 Å². The Morgan fingerprint density at radius 1 is 0.250 bits per heavy atom. The molecule has 0 bridgehead atoms. The van der Waals surface area contributed by atoms with Crippen LogP contribution < -0.4 is 0 Å². The van der Waals surface area contributed by atoms with E-state index in [1.54, 1.807) is 0 Å². The zero-order valence-electron chi connectivity index (χ0n) is 34.6. The predicted octanol–water partition coefficient (Wildman–Crippen LogP) is 15.1. The van der Waals surface area contributed by atoms with Gasteiger partial charge in [0.1, 0.15) is 5.82 Å². The normalized spacial score (nSPS) is 12.1. The fourth-order valence-corrected chi connectivity index (χ4v) is 10.8. The summed E-state index contributed by atoms with van der Waals surface area (Å²) in [7, 11) is 0. The number of benzene rings is 9. The molecule has 298 valence electrons. The molecule has 5 heterocycles. The van der Waals surface area contributed by atoms with Gasteiger partial charge in [-0.3, -0.25) is 4.57 Å². The summed E-state index contributed by atoms with van der Waals surface area (Å²) in [5.74, 6) is 0.844. The van der Waals surface area contributed by atoms with E-state index in [0.29, 0.717) is 0 Å². The van der Waals surface area contributed by atoms with Gasteiger partial charge in [0.25, 0.3) is 0 Å². The van der Waals surface area contributed by atoms with E-state index >= 15 is 0 Å². The molecule has 9 aromatic carbocycles. The van der Waals surface area contributed by atoms with Gasteiger partial charge < -0.3 is 13.7 Å². The molecule has 5 aromatic heterocycles. The van der Waals surface area contributed by atoms with E-state index in [1.165, 1.54) is 43.1 Å². The number of nitrogens with zero attached hydrogens (tertiary/aromatic N) is 5. The van der Waals surface area contributed by atoms with E-state index in [4.69, 9.17) is 4.98 Å². The van der Waals surface area contributed by atoms with Crippen molar-refractivity contribution in [2.24, 2.45) is 0 Å². The maximum Gasteiger partial charge on any atom is 0.140 e. The van der Waals surface area contributed by atoms with Gasteiger partial charge in [-0.05, 0) is 66.7 Å². The lowest BCUT2D eigenvalue weighted by Gasteiger charge is -2.21. The molecular formula is C59H37N5. The summed E-state index contributed by atoms with van der Waals surface area (Å²) in [6, 6.07) is 81.4. The minimum absolute atomic E-state index is 0.844. The van der Waals surface area contributed by atoms with Gasteiger partial charge in [-0.15, -0.1) is 0 Å². The first kappa shape index (κ1) is 35.0. The van der Waals surface area contributed by atoms with Gasteiger partial charge >= 0.3 is 0 Å². The quantitative estimate of drug-likeness (QED) is 0.170. The molecule has 0 saturated heterocycles. The van der Waals surface area contributed by atoms with Gasteiger partial charge in [0, 0.05) is 54.7 Å². The average molecular weight is 816 g/mol. The molecule has 0 fully saturated rings. The van der Waals surface area contributed by atoms with E-state index < -0.39 is 0 Å². The molecule has 0 saturated carbocycles. The highest BCUT2D eigenvalue weighted by molar-refractivity contribution is 6.13. The smallest absolute Gasteiger partial charge is 0.140 e. The van der Waals surface area contributed by atoms with Crippen LogP contribution in [0.15, 0.2) is 224 Å². The topological polar surface area (TPSA) is 32.6 Å². The summed E-state index contributed by atoms with van der Waals surface area (Å²) >= 11 is 0. The van der Waals surface area contributed by atoms with Crippen molar-refractivity contribution in [2.45, 2.75) is 0 Å². The zero-order chi connectivity index (χ0) is 41.9. The van der Waals surface area contributed by atoms with E-state index in [1.807, 2.05) is 0 Å². The fourth-order valence-electron chi connectivity index (χ4n) is 10.8. The largest absolute Gasteiger partial charge is 0.309 e. The first-order chi connectivity index (χ1) is 31.8. The van der Waals surface area contributed by atoms with Crippen molar-refractivity contribution in [2.75, 3.05) is 0 Å². The molecule has 64 heavy (non-hydrogen) atoms. The van der Waals surface area contributed by atoms with Gasteiger partial charge in [0.15, 0.2) is 0 Å². The number of pyridine rings is 1. The Bertz CT molecular complexity index is 3730. The average Bonchev–Trinajstić information content (AvgIpc) is 4.09. The lowest BCUT2D eigenvalue weighted by atomic mass is 10.0. The van der Waals surface area contributed by atoms with Crippen molar-refractivity contribution < 1.29 is 0 Å². The van der Waals surface area contributed by atoms with Crippen LogP contribution in [-0.4, -0.2) is 23.3 Å². The third-order valence-electron chi connectivity index (χ3n) is 13.4. The van der Waals surface area contributed by atoms with Crippen LogP contribution in [0.4, 0.5) is 0 Å². The standard InChI is InChI=1S/C59H37N5/c1-9-26-48-39(18-1)40-19-2-10-27-49(40)61(48)38-36-47(60-58(37-38)64-54-32-15-7-24-45(54)46-25-8-16-33-55(46)64)59-56(62-50-28-11-3-20-41(50)42-21-4-12-29-51(42)62)34-17-35-57(59)63-52-30-13-5-22-43(52)44-23-6-14-31-53(44)63/h1-37H. The maximum atomic E-state index is 5.90. The number of hydrogen-bond donors (Lipinski definition) is 0. The third kappa shape index (κ3) is 4.86. The molecule has 0 spiro atoms. The van der Waals surface area contributed by atoms with Crippen molar-refractivity contribution >= 4 is 87.2 Å². The molecule has 0 unspecified atom stereocenters. The minimum Gasteiger partial charge on any atom is -0.309 e. The van der Waals surface area contributed by atoms with Gasteiger partial charge in [0.2, 0.25) is 0 Å². The lowest BCUT2D eigenvalue weighted by Crippen LogP contribution is -2.07. The Labute approximate surface area is 367 Å². The summed E-state index contributed by atoms with van der Waals surface area (Å²) in [6.45, 7) is 0. The molecule has 0 aliphatic heterocycles. The van der Waals surface area contributed by atoms with Crippen LogP contribution in [0.3, 0.4) is 0 Å². The predicted molar refractivity (Wildman–Crippen MR) is 267 cm³/mol. The molecule has 0 aliphatic carbocycles. The Hall–Kier alpha value is -8.67. The second-order valence-electron chi connectivity index (χ2n) is 16.7. The molecule has 0 atom stereocenters. The zero-order valence-corrected chi connectivity index (χ0v) is 34.6. The molecule has 14 aromatic rings. The van der Waals surface area contributed by atoms with E-state index in [9.17, 15) is 0 Å². The summed E-state index contributed by atoms with van der Waals surface area (Å²) in [4.78, 5) is 5.90. The molecule has 0 amide bonds. The van der Waals surface area contributed by atoms with Crippen molar-refractivity contribution in [3.05, 3.63) is 224 Å². The van der Waals surface area contributed by atoms with Crippen LogP contribution in [0.1, 0.15) is 0 Å². The van der Waals surface area contributed by atoms with E-state index in [2.05, 4.69) is 243 Å². The van der Waals surface area contributed by atoms with Gasteiger partial charge in [-0.1, -0.05) is 152 Å². The van der Waals surface area contributed by atoms with Crippen molar-refractivity contribution in [1.29, 1.82) is 0 Å². The van der Waals surface area contributed by atoms with Crippen molar-refractivity contribution in [1.82, 2.24) is 23.3 Å². The summed E-state index contributed by atoms with van der Waals surface area (Å²) in [5.41, 5.74) is 14.1. The molecule has 14 rings (SSSR count). The third-order valence-corrected chi connectivity index (χ3v) is 13.4. The number of hydrogen-bond acceptors (Lipinski definition) is 1. The maximum absolute atomic E-state index is 5.90. The van der Waals surface area contributed by atoms with Gasteiger partial charge in [0.05, 0.1) is 66.9 Å². The lowest BCUT2D eigenvalue weighted by molar-refractivity contribution is 1.05. The Morgan fingerprint density at radius 3 is 0.859 bits per heavy atom. The SMILES string of the molecule is c1cc(-n2c3ccccc3c3ccccc32)c(-c2cc(-n3c4ccccc4c4ccccc43)cc(-n3c4ccccc4c4ccccc43)n2)c(-n2c3ccccc3c3ccccc32)c1. The number of fused-ring (bicyclic) bond motifs is 12. The molecule has 5 heteroatoms. The van der Waals surface area contributed by atoms with Gasteiger partial charge in [-0.25, -0.2) is 4.98 Å². The highest BCUT2D eigenvalue weighted by Gasteiger charge is 2.25. The van der Waals surface area contributed by atoms with Crippen LogP contribution in [0, 0.1) is 0 Å². The van der Waals surface area contributed by atoms with Crippen LogP contribution in [-0.2, 0) is 0 Å². The number of aromatic nitrogens is 5. The second kappa shape index (κ2) is 13.4. The Balaban J connectivity index is 1.19. The highest BCUT2D eigenvalue weighted by Crippen LogP contribution is 2.44. The van der Waals surface area contributed by atoms with E-state index in [0.717, 1.165) is 78.3 Å². The van der Waals surface area contributed by atoms with Crippen LogP contribution in [0.25, 0.3) is 121 Å². The first-order valence-electron chi connectivity index (χ1n) is 21.9. The Kier molecular flexibility index (Phi) is 7.33. The Morgan fingerprint density at radius 2 is 0.531 bits per heavy atom. The highest BCUT2D eigenvalue weighted by atomic mass is 15.1. The fraction of sp³-hybridized carbons (Fsp3) is 0. The minimum atomic E-state index is 0.844. The first-order valence-corrected chi connectivity index (χ1v) is 21.9. The second-order valence-corrected chi connectivity index (χ2v) is 16.7. The van der Waals surface area contributed by atoms with E-state index in [-0.39, 0.29) is 0 Å². The molecule has 0 radical (unpaired) electrons. The summed E-state index contributed by atoms with van der Waals surface area (Å²) < 4.78 is 9.68.